The van der Waals surface area contributed by atoms with E-state index in [1.807, 2.05) is 0 Å². The topological polar surface area (TPSA) is 84.9 Å². The van der Waals surface area contributed by atoms with E-state index in [2.05, 4.69) is 5.32 Å². The summed E-state index contributed by atoms with van der Waals surface area (Å²) in [5.41, 5.74) is 2.12. The molecule has 0 spiro atoms. The number of ether oxygens (including phenoxy) is 2. The molecule has 7 nitrogen and oxygen atoms in total. The number of anilines is 2. The lowest BCUT2D eigenvalue weighted by molar-refractivity contribution is 0.102. The Morgan fingerprint density at radius 3 is 2.22 bits per heavy atom. The molecule has 32 heavy (non-hydrogen) atoms. The SMILES string of the molecule is COc1cccc(C(=O)Nc2cc(-c3ccc(F)cc3)ccc2N(C)S(C)(=O)=O)c1OC. The molecule has 0 atom stereocenters. The number of amides is 1. The molecule has 3 rings (SSSR count). The summed E-state index contributed by atoms with van der Waals surface area (Å²) in [5, 5.41) is 2.77. The summed E-state index contributed by atoms with van der Waals surface area (Å²) in [6, 6.07) is 15.6. The largest absolute Gasteiger partial charge is 0.493 e. The zero-order valence-electron chi connectivity index (χ0n) is 18.0. The molecule has 3 aromatic rings. The Balaban J connectivity index is 2.09. The normalized spacial score (nSPS) is 11.0. The molecule has 0 radical (unpaired) electrons. The highest BCUT2D eigenvalue weighted by molar-refractivity contribution is 7.92. The molecule has 0 aliphatic carbocycles. The van der Waals surface area contributed by atoms with Gasteiger partial charge in [-0.2, -0.15) is 0 Å². The first-order valence-corrected chi connectivity index (χ1v) is 11.4. The van der Waals surface area contributed by atoms with Crippen LogP contribution in [0.1, 0.15) is 10.4 Å². The minimum Gasteiger partial charge on any atom is -0.493 e. The first-order valence-electron chi connectivity index (χ1n) is 9.52. The standard InChI is InChI=1S/C23H23FN2O5S/c1-26(32(4,28)29)20-13-10-16(15-8-11-17(24)12-9-15)14-19(20)25-23(27)18-6-5-7-21(30-2)22(18)31-3/h5-14H,1-4H3,(H,25,27). The maximum Gasteiger partial charge on any atom is 0.259 e. The molecule has 0 bridgehead atoms. The predicted molar refractivity (Wildman–Crippen MR) is 123 cm³/mol. The number of methoxy groups -OCH3 is 2. The van der Waals surface area contributed by atoms with Gasteiger partial charge in [0.1, 0.15) is 5.82 Å². The average molecular weight is 459 g/mol. The fourth-order valence-electron chi connectivity index (χ4n) is 3.17. The summed E-state index contributed by atoms with van der Waals surface area (Å²) in [4.78, 5) is 13.1. The van der Waals surface area contributed by atoms with Crippen LogP contribution in [0, 0.1) is 5.82 Å². The van der Waals surface area contributed by atoms with Gasteiger partial charge < -0.3 is 14.8 Å². The van der Waals surface area contributed by atoms with E-state index in [-0.39, 0.29) is 28.5 Å². The lowest BCUT2D eigenvalue weighted by Gasteiger charge is -2.22. The van der Waals surface area contributed by atoms with Gasteiger partial charge in [0.15, 0.2) is 11.5 Å². The highest BCUT2D eigenvalue weighted by atomic mass is 32.2. The second-order valence-electron chi connectivity index (χ2n) is 6.96. The lowest BCUT2D eigenvalue weighted by Crippen LogP contribution is -2.26. The minimum absolute atomic E-state index is 0.215. The smallest absolute Gasteiger partial charge is 0.259 e. The molecular weight excluding hydrogens is 435 g/mol. The van der Waals surface area contributed by atoms with E-state index in [0.29, 0.717) is 16.9 Å². The maximum absolute atomic E-state index is 13.3. The zero-order valence-corrected chi connectivity index (χ0v) is 18.9. The molecule has 0 unspecified atom stereocenters. The Hall–Kier alpha value is -3.59. The number of carbonyl (C=O) groups is 1. The molecule has 0 aromatic heterocycles. The maximum atomic E-state index is 13.3. The average Bonchev–Trinajstić information content (AvgIpc) is 2.77. The van der Waals surface area contributed by atoms with Crippen LogP contribution < -0.4 is 19.1 Å². The van der Waals surface area contributed by atoms with E-state index in [1.165, 1.54) is 33.4 Å². The number of nitrogens with one attached hydrogen (secondary N) is 1. The van der Waals surface area contributed by atoms with Crippen molar-refractivity contribution >= 4 is 27.3 Å². The summed E-state index contributed by atoms with van der Waals surface area (Å²) < 4.78 is 49.3. The van der Waals surface area contributed by atoms with Gasteiger partial charge in [0, 0.05) is 7.05 Å². The van der Waals surface area contributed by atoms with Crippen LogP contribution in [0.3, 0.4) is 0 Å². The summed E-state index contributed by atoms with van der Waals surface area (Å²) in [5.74, 6) is -0.255. The van der Waals surface area contributed by atoms with E-state index in [0.717, 1.165) is 10.6 Å². The van der Waals surface area contributed by atoms with Gasteiger partial charge in [-0.25, -0.2) is 12.8 Å². The van der Waals surface area contributed by atoms with Crippen LogP contribution >= 0.6 is 0 Å². The van der Waals surface area contributed by atoms with Gasteiger partial charge >= 0.3 is 0 Å². The molecule has 0 aliphatic rings. The molecule has 9 heteroatoms. The number of benzene rings is 3. The van der Waals surface area contributed by atoms with Crippen molar-refractivity contribution in [3.63, 3.8) is 0 Å². The number of nitrogens with zero attached hydrogens (tertiary/aromatic N) is 1. The molecule has 3 aromatic carbocycles. The van der Waals surface area contributed by atoms with Gasteiger partial charge in [-0.05, 0) is 47.5 Å². The highest BCUT2D eigenvalue weighted by Crippen LogP contribution is 2.35. The van der Waals surface area contributed by atoms with E-state index >= 15 is 0 Å². The molecule has 0 fully saturated rings. The van der Waals surface area contributed by atoms with E-state index in [9.17, 15) is 17.6 Å². The number of carbonyl (C=O) groups excluding carboxylic acids is 1. The fourth-order valence-corrected chi connectivity index (χ4v) is 3.68. The molecule has 0 aliphatic heterocycles. The summed E-state index contributed by atoms with van der Waals surface area (Å²) in [6.07, 6.45) is 1.07. The van der Waals surface area contributed by atoms with Gasteiger partial charge in [0.25, 0.3) is 5.91 Å². The molecule has 1 amide bonds. The predicted octanol–water partition coefficient (Wildman–Crippen LogP) is 4.16. The molecular formula is C23H23FN2O5S. The van der Waals surface area contributed by atoms with E-state index < -0.39 is 15.9 Å². The van der Waals surface area contributed by atoms with Crippen molar-refractivity contribution in [1.82, 2.24) is 0 Å². The van der Waals surface area contributed by atoms with Gasteiger partial charge in [-0.15, -0.1) is 0 Å². The number of para-hydroxylation sites is 1. The van der Waals surface area contributed by atoms with Crippen LogP contribution in [0.25, 0.3) is 11.1 Å². The Kier molecular flexibility index (Phi) is 6.69. The summed E-state index contributed by atoms with van der Waals surface area (Å²) >= 11 is 0. The molecule has 0 heterocycles. The van der Waals surface area contributed by atoms with Crippen LogP contribution in [0.4, 0.5) is 15.8 Å². The fraction of sp³-hybridized carbons (Fsp3) is 0.174. The molecule has 0 saturated carbocycles. The summed E-state index contributed by atoms with van der Waals surface area (Å²) in [7, 11) is 0.682. The Morgan fingerprint density at radius 1 is 0.969 bits per heavy atom. The summed E-state index contributed by atoms with van der Waals surface area (Å²) in [6.45, 7) is 0. The second kappa shape index (κ2) is 9.27. The Morgan fingerprint density at radius 2 is 1.62 bits per heavy atom. The van der Waals surface area contributed by atoms with Gasteiger partial charge in [-0.1, -0.05) is 24.3 Å². The van der Waals surface area contributed by atoms with Crippen molar-refractivity contribution in [2.45, 2.75) is 0 Å². The second-order valence-corrected chi connectivity index (χ2v) is 8.98. The third kappa shape index (κ3) is 4.83. The third-order valence-electron chi connectivity index (χ3n) is 4.91. The monoisotopic (exact) mass is 458 g/mol. The Labute approximate surface area is 186 Å². The highest BCUT2D eigenvalue weighted by Gasteiger charge is 2.21. The first kappa shape index (κ1) is 23.1. The molecule has 1 N–H and O–H groups in total. The first-order chi connectivity index (χ1) is 15.2. The van der Waals surface area contributed by atoms with Crippen LogP contribution in [-0.4, -0.2) is 41.8 Å². The number of rotatable bonds is 7. The van der Waals surface area contributed by atoms with Crippen molar-refractivity contribution in [3.8, 4) is 22.6 Å². The van der Waals surface area contributed by atoms with Gasteiger partial charge in [-0.3, -0.25) is 9.10 Å². The number of hydrogen-bond acceptors (Lipinski definition) is 5. The quantitative estimate of drug-likeness (QED) is 0.575. The van der Waals surface area contributed by atoms with Crippen LogP contribution in [0.15, 0.2) is 60.7 Å². The third-order valence-corrected chi connectivity index (χ3v) is 6.10. The number of sulfonamides is 1. The molecule has 0 saturated heterocycles. The van der Waals surface area contributed by atoms with Crippen molar-refractivity contribution in [3.05, 3.63) is 72.0 Å². The zero-order chi connectivity index (χ0) is 23.5. The van der Waals surface area contributed by atoms with Gasteiger partial charge in [0.05, 0.1) is 37.4 Å². The van der Waals surface area contributed by atoms with E-state index in [4.69, 9.17) is 9.47 Å². The molecule has 168 valence electrons. The van der Waals surface area contributed by atoms with Gasteiger partial charge in [0.2, 0.25) is 10.0 Å². The van der Waals surface area contributed by atoms with Crippen LogP contribution in [0.5, 0.6) is 11.5 Å². The van der Waals surface area contributed by atoms with Crippen LogP contribution in [-0.2, 0) is 10.0 Å². The number of halogens is 1. The van der Waals surface area contributed by atoms with Crippen molar-refractivity contribution < 1.29 is 27.1 Å². The van der Waals surface area contributed by atoms with Crippen LogP contribution in [0.2, 0.25) is 0 Å². The lowest BCUT2D eigenvalue weighted by atomic mass is 10.0. The van der Waals surface area contributed by atoms with Crippen molar-refractivity contribution in [2.24, 2.45) is 0 Å². The van der Waals surface area contributed by atoms with E-state index in [1.54, 1.807) is 48.5 Å². The van der Waals surface area contributed by atoms with Crippen molar-refractivity contribution in [2.75, 3.05) is 37.1 Å². The Bertz CT molecular complexity index is 1240. The van der Waals surface area contributed by atoms with Crippen molar-refractivity contribution in [1.29, 1.82) is 0 Å². The minimum atomic E-state index is -3.60. The number of hydrogen-bond donors (Lipinski definition) is 1.